The minimum Gasteiger partial charge on any atom is -0.480 e. The Labute approximate surface area is 127 Å². The minimum atomic E-state index is -2.93. The van der Waals surface area contributed by atoms with E-state index < -0.39 is 35.3 Å². The zero-order chi connectivity index (χ0) is 16.3. The van der Waals surface area contributed by atoms with Crippen molar-refractivity contribution < 1.29 is 23.1 Å². The molecule has 0 spiro atoms. The van der Waals surface area contributed by atoms with Crippen LogP contribution in [0, 0.1) is 6.92 Å². The molecule has 0 saturated heterocycles. The Morgan fingerprint density at radius 2 is 2.00 bits per heavy atom. The van der Waals surface area contributed by atoms with Crippen molar-refractivity contribution in [1.29, 1.82) is 0 Å². The standard InChI is InChI=1S/C11H14ClN3O5S/c1-5-7(12)2-6(21(19)20)3-9(5)15(11(14)18)4-8(13)10(16)17/h2-3,8,21H,4,13H2,1H3,(H2,14,18)(H,16,17)/t8-/m0/s1. The summed E-state index contributed by atoms with van der Waals surface area (Å²) < 4.78 is 22.1. The summed E-state index contributed by atoms with van der Waals surface area (Å²) in [4.78, 5) is 23.1. The van der Waals surface area contributed by atoms with E-state index in [0.717, 1.165) is 4.90 Å². The molecule has 1 aromatic carbocycles. The summed E-state index contributed by atoms with van der Waals surface area (Å²) in [7, 11) is -2.93. The molecule has 0 radical (unpaired) electrons. The molecular weight excluding hydrogens is 322 g/mol. The normalized spacial score (nSPS) is 12.2. The predicted octanol–water partition coefficient (Wildman–Crippen LogP) is -0.0843. The number of primary amides is 1. The Morgan fingerprint density at radius 3 is 2.43 bits per heavy atom. The molecule has 10 heteroatoms. The quantitative estimate of drug-likeness (QED) is 0.554. The van der Waals surface area contributed by atoms with Gasteiger partial charge in [0.25, 0.3) is 0 Å². The number of hydrogen-bond acceptors (Lipinski definition) is 5. The number of carboxylic acid groups (broad SMARTS) is 1. The first-order chi connectivity index (χ1) is 9.65. The molecule has 0 saturated carbocycles. The van der Waals surface area contributed by atoms with Crippen LogP contribution in [0.25, 0.3) is 0 Å². The fourth-order valence-electron chi connectivity index (χ4n) is 1.62. The fourth-order valence-corrected chi connectivity index (χ4v) is 2.37. The molecule has 0 heterocycles. The average molecular weight is 336 g/mol. The van der Waals surface area contributed by atoms with Crippen molar-refractivity contribution in [2.45, 2.75) is 17.9 Å². The molecule has 0 fully saturated rings. The lowest BCUT2D eigenvalue weighted by Gasteiger charge is -2.24. The Bertz CT molecular complexity index is 654. The van der Waals surface area contributed by atoms with Crippen molar-refractivity contribution in [3.05, 3.63) is 22.7 Å². The lowest BCUT2D eigenvalue weighted by molar-refractivity contribution is -0.138. The van der Waals surface area contributed by atoms with E-state index in [-0.39, 0.29) is 15.6 Å². The highest BCUT2D eigenvalue weighted by Crippen LogP contribution is 2.29. The van der Waals surface area contributed by atoms with E-state index in [0.29, 0.717) is 5.56 Å². The van der Waals surface area contributed by atoms with Crippen molar-refractivity contribution in [2.24, 2.45) is 11.5 Å². The zero-order valence-electron chi connectivity index (χ0n) is 10.9. The summed E-state index contributed by atoms with van der Waals surface area (Å²) in [5, 5.41) is 8.91. The molecule has 1 atom stereocenters. The topological polar surface area (TPSA) is 144 Å². The number of carbonyl (C=O) groups excluding carboxylic acids is 1. The number of urea groups is 1. The Balaban J connectivity index is 3.37. The van der Waals surface area contributed by atoms with E-state index >= 15 is 0 Å². The monoisotopic (exact) mass is 335 g/mol. The molecule has 1 aromatic rings. The van der Waals surface area contributed by atoms with E-state index in [1.165, 1.54) is 12.1 Å². The lowest BCUT2D eigenvalue weighted by atomic mass is 10.1. The number of rotatable bonds is 5. The molecule has 8 nitrogen and oxygen atoms in total. The van der Waals surface area contributed by atoms with Crippen LogP contribution in [0.4, 0.5) is 10.5 Å². The number of anilines is 1. The number of aliphatic carboxylic acids is 1. The van der Waals surface area contributed by atoms with Crippen LogP contribution in [0.2, 0.25) is 5.02 Å². The number of nitrogens with zero attached hydrogens (tertiary/aromatic N) is 1. The maximum Gasteiger partial charge on any atom is 0.322 e. The van der Waals surface area contributed by atoms with E-state index in [2.05, 4.69) is 0 Å². The van der Waals surface area contributed by atoms with Gasteiger partial charge < -0.3 is 16.6 Å². The summed E-state index contributed by atoms with van der Waals surface area (Å²) >= 11 is 5.92. The molecule has 2 amide bonds. The highest BCUT2D eigenvalue weighted by molar-refractivity contribution is 7.72. The second-order valence-electron chi connectivity index (χ2n) is 4.22. The van der Waals surface area contributed by atoms with Gasteiger partial charge >= 0.3 is 12.0 Å². The van der Waals surface area contributed by atoms with Crippen molar-refractivity contribution in [3.8, 4) is 0 Å². The smallest absolute Gasteiger partial charge is 0.322 e. The Kier molecular flexibility index (Phi) is 5.53. The van der Waals surface area contributed by atoms with Crippen molar-refractivity contribution in [2.75, 3.05) is 11.4 Å². The van der Waals surface area contributed by atoms with Crippen LogP contribution in [-0.4, -0.2) is 38.1 Å². The maximum absolute atomic E-state index is 11.5. The molecule has 0 aromatic heterocycles. The first-order valence-corrected chi connectivity index (χ1v) is 7.20. The lowest BCUT2D eigenvalue weighted by Crippen LogP contribution is -2.47. The number of nitrogens with two attached hydrogens (primary N) is 2. The van der Waals surface area contributed by atoms with Gasteiger partial charge in [-0.25, -0.2) is 13.2 Å². The van der Waals surface area contributed by atoms with Gasteiger partial charge in [-0.2, -0.15) is 0 Å². The summed E-state index contributed by atoms with van der Waals surface area (Å²) in [6, 6.07) is 0.0683. The van der Waals surface area contributed by atoms with E-state index in [1.54, 1.807) is 6.92 Å². The molecule has 0 aliphatic carbocycles. The minimum absolute atomic E-state index is 0.0981. The molecule has 5 N–H and O–H groups in total. The van der Waals surface area contributed by atoms with Gasteiger partial charge in [0.15, 0.2) is 10.7 Å². The molecule has 0 unspecified atom stereocenters. The molecule has 0 aliphatic heterocycles. The van der Waals surface area contributed by atoms with Crippen molar-refractivity contribution >= 4 is 40.0 Å². The number of thiol groups is 1. The van der Waals surface area contributed by atoms with Crippen LogP contribution in [0.15, 0.2) is 17.0 Å². The highest BCUT2D eigenvalue weighted by Gasteiger charge is 2.23. The maximum atomic E-state index is 11.5. The Hall–Kier alpha value is -1.84. The predicted molar refractivity (Wildman–Crippen MR) is 77.3 cm³/mol. The van der Waals surface area contributed by atoms with Gasteiger partial charge in [-0.05, 0) is 24.6 Å². The van der Waals surface area contributed by atoms with Gasteiger partial charge in [0.1, 0.15) is 6.04 Å². The summed E-state index contributed by atoms with van der Waals surface area (Å²) in [5.41, 5.74) is 11.1. The zero-order valence-corrected chi connectivity index (χ0v) is 12.6. The third-order valence-corrected chi connectivity index (χ3v) is 3.84. The average Bonchev–Trinajstić information content (AvgIpc) is 2.38. The van der Waals surface area contributed by atoms with Gasteiger partial charge in [0.05, 0.1) is 17.1 Å². The second-order valence-corrected chi connectivity index (χ2v) is 5.66. The number of halogens is 1. The fraction of sp³-hybridized carbons (Fsp3) is 0.273. The molecular formula is C11H14ClN3O5S. The molecule has 0 aliphatic rings. The van der Waals surface area contributed by atoms with Crippen LogP contribution in [-0.2, 0) is 15.5 Å². The summed E-state index contributed by atoms with van der Waals surface area (Å²) in [5.74, 6) is -1.32. The first kappa shape index (κ1) is 17.2. The summed E-state index contributed by atoms with van der Waals surface area (Å²) in [6.45, 7) is 1.13. The Morgan fingerprint density at radius 1 is 1.43 bits per heavy atom. The second kappa shape index (κ2) is 6.74. The van der Waals surface area contributed by atoms with Gasteiger partial charge in [-0.15, -0.1) is 0 Å². The third kappa shape index (κ3) is 4.06. The van der Waals surface area contributed by atoms with E-state index in [1.807, 2.05) is 0 Å². The van der Waals surface area contributed by atoms with Gasteiger partial charge in [-0.3, -0.25) is 9.69 Å². The number of hydrogen-bond donors (Lipinski definition) is 4. The van der Waals surface area contributed by atoms with Crippen LogP contribution in [0.1, 0.15) is 5.56 Å². The number of amides is 2. The molecule has 21 heavy (non-hydrogen) atoms. The van der Waals surface area contributed by atoms with Gasteiger partial charge in [0.2, 0.25) is 0 Å². The van der Waals surface area contributed by atoms with Gasteiger partial charge in [-0.1, -0.05) is 11.6 Å². The van der Waals surface area contributed by atoms with Crippen LogP contribution >= 0.6 is 11.6 Å². The van der Waals surface area contributed by atoms with Crippen molar-refractivity contribution in [3.63, 3.8) is 0 Å². The SMILES string of the molecule is Cc1c(Cl)cc([SH](=O)=O)cc1N(C[C@H](N)C(=O)O)C(N)=O. The number of carbonyl (C=O) groups is 2. The molecule has 0 bridgehead atoms. The summed E-state index contributed by atoms with van der Waals surface area (Å²) in [6.07, 6.45) is 0. The molecule has 116 valence electrons. The van der Waals surface area contributed by atoms with Crippen LogP contribution in [0.3, 0.4) is 0 Å². The third-order valence-electron chi connectivity index (χ3n) is 2.77. The highest BCUT2D eigenvalue weighted by atomic mass is 35.5. The van der Waals surface area contributed by atoms with Crippen LogP contribution in [0.5, 0.6) is 0 Å². The molecule has 1 rings (SSSR count). The van der Waals surface area contributed by atoms with E-state index in [4.69, 9.17) is 28.2 Å². The van der Waals surface area contributed by atoms with Crippen LogP contribution < -0.4 is 16.4 Å². The number of benzene rings is 1. The number of carboxylic acids is 1. The van der Waals surface area contributed by atoms with E-state index in [9.17, 15) is 18.0 Å². The van der Waals surface area contributed by atoms with Crippen molar-refractivity contribution in [1.82, 2.24) is 0 Å². The first-order valence-electron chi connectivity index (χ1n) is 5.65. The largest absolute Gasteiger partial charge is 0.480 e. The van der Waals surface area contributed by atoms with Gasteiger partial charge in [0, 0.05) is 5.02 Å².